The van der Waals surface area contributed by atoms with E-state index in [1.54, 1.807) is 18.3 Å². The number of amides is 1. The Morgan fingerprint density at radius 1 is 0.931 bits per heavy atom. The molecule has 1 N–H and O–H groups in total. The predicted octanol–water partition coefficient (Wildman–Crippen LogP) is 5.32. The number of anilines is 2. The van der Waals surface area contributed by atoms with E-state index in [1.807, 2.05) is 66.7 Å². The van der Waals surface area contributed by atoms with Crippen LogP contribution in [-0.2, 0) is 4.79 Å². The van der Waals surface area contributed by atoms with Crippen molar-refractivity contribution in [2.45, 2.75) is 12.8 Å². The molecule has 0 radical (unpaired) electrons. The van der Waals surface area contributed by atoms with Crippen LogP contribution in [0.1, 0.15) is 24.0 Å². The molecule has 1 heterocycles. The Labute approximate surface area is 174 Å². The highest BCUT2D eigenvalue weighted by molar-refractivity contribution is 6.30. The lowest BCUT2D eigenvalue weighted by molar-refractivity contribution is -0.118. The van der Waals surface area contributed by atoms with Crippen LogP contribution in [0.25, 0.3) is 0 Å². The van der Waals surface area contributed by atoms with Gasteiger partial charge in [0.25, 0.3) is 0 Å². The van der Waals surface area contributed by atoms with Crippen LogP contribution in [0.4, 0.5) is 11.4 Å². The molecule has 3 aromatic rings. The van der Waals surface area contributed by atoms with Crippen LogP contribution >= 0.6 is 11.6 Å². The largest absolute Gasteiger partial charge is 0.279 e. The second-order valence-corrected chi connectivity index (χ2v) is 7.02. The molecule has 4 rings (SSSR count). The highest BCUT2D eigenvalue weighted by atomic mass is 35.5. The first-order valence-electron chi connectivity index (χ1n) is 9.29. The molecule has 3 aromatic carbocycles. The summed E-state index contributed by atoms with van der Waals surface area (Å²) in [5, 5.41) is 11.0. The predicted molar refractivity (Wildman–Crippen MR) is 119 cm³/mol. The summed E-state index contributed by atoms with van der Waals surface area (Å²) < 4.78 is 0. The summed E-state index contributed by atoms with van der Waals surface area (Å²) in [6, 6.07) is 24.8. The number of hydrogen-bond acceptors (Lipinski definition) is 4. The summed E-state index contributed by atoms with van der Waals surface area (Å²) in [6.45, 7) is 0. The minimum absolute atomic E-state index is 0.00416. The molecule has 0 bridgehead atoms. The lowest BCUT2D eigenvalue weighted by Gasteiger charge is -2.23. The molecule has 0 aromatic heterocycles. The highest BCUT2D eigenvalue weighted by Gasteiger charge is 2.22. The molecule has 1 amide bonds. The average molecular weight is 403 g/mol. The van der Waals surface area contributed by atoms with Gasteiger partial charge < -0.3 is 0 Å². The van der Waals surface area contributed by atoms with Gasteiger partial charge in [-0.3, -0.25) is 10.2 Å². The van der Waals surface area contributed by atoms with Crippen LogP contribution in [0, 0.1) is 0 Å². The van der Waals surface area contributed by atoms with Gasteiger partial charge in [-0.05, 0) is 47.5 Å². The van der Waals surface area contributed by atoms with Crippen molar-refractivity contribution in [2.75, 3.05) is 10.4 Å². The molecule has 0 aliphatic carbocycles. The standard InChI is InChI=1S/C23H19ClN4O/c24-19-8-10-20(11-9-19)26-25-16-17-6-12-21(13-7-17)28-23(29)15-14-22(27-28)18-4-2-1-3-5-18/h1-13,16,26H,14-15H2. The number of nitrogens with zero attached hydrogens (tertiary/aromatic N) is 3. The fourth-order valence-corrected chi connectivity index (χ4v) is 3.13. The third-order valence-electron chi connectivity index (χ3n) is 4.53. The van der Waals surface area contributed by atoms with Crippen LogP contribution in [0.15, 0.2) is 89.1 Å². The van der Waals surface area contributed by atoms with Gasteiger partial charge in [0.05, 0.1) is 23.3 Å². The Bertz CT molecular complexity index is 1040. The SMILES string of the molecule is O=C1CCC(c2ccccc2)=NN1c1ccc(C=NNc2ccc(Cl)cc2)cc1. The normalized spacial score (nSPS) is 14.2. The van der Waals surface area contributed by atoms with Crippen LogP contribution in [0.5, 0.6) is 0 Å². The number of carbonyl (C=O) groups is 1. The van der Waals surface area contributed by atoms with Gasteiger partial charge in [-0.25, -0.2) is 5.01 Å². The number of halogens is 1. The fourth-order valence-electron chi connectivity index (χ4n) is 3.00. The first-order valence-corrected chi connectivity index (χ1v) is 9.67. The summed E-state index contributed by atoms with van der Waals surface area (Å²) in [7, 11) is 0. The number of hydrazone groups is 2. The molecule has 1 aliphatic rings. The van der Waals surface area contributed by atoms with Gasteiger partial charge in [0, 0.05) is 17.9 Å². The number of rotatable bonds is 5. The molecule has 0 spiro atoms. The highest BCUT2D eigenvalue weighted by Crippen LogP contribution is 2.22. The minimum atomic E-state index is -0.00416. The zero-order valence-electron chi connectivity index (χ0n) is 15.6. The number of hydrogen-bond donors (Lipinski definition) is 1. The Balaban J connectivity index is 1.47. The second kappa shape index (κ2) is 8.71. The van der Waals surface area contributed by atoms with Crippen molar-refractivity contribution in [3.05, 3.63) is 95.0 Å². The second-order valence-electron chi connectivity index (χ2n) is 6.59. The lowest BCUT2D eigenvalue weighted by atomic mass is 10.0. The maximum atomic E-state index is 12.4. The minimum Gasteiger partial charge on any atom is -0.279 e. The number of benzene rings is 3. The molecule has 0 saturated carbocycles. The van der Waals surface area contributed by atoms with E-state index < -0.39 is 0 Å². The molecule has 6 heteroatoms. The molecule has 29 heavy (non-hydrogen) atoms. The van der Waals surface area contributed by atoms with Crippen molar-refractivity contribution in [1.29, 1.82) is 0 Å². The molecule has 5 nitrogen and oxygen atoms in total. The summed E-state index contributed by atoms with van der Waals surface area (Å²) in [5.74, 6) is -0.00416. The van der Waals surface area contributed by atoms with Crippen molar-refractivity contribution in [2.24, 2.45) is 10.2 Å². The Kier molecular flexibility index (Phi) is 5.68. The van der Waals surface area contributed by atoms with Crippen molar-refractivity contribution >= 4 is 40.8 Å². The Morgan fingerprint density at radius 3 is 2.38 bits per heavy atom. The smallest absolute Gasteiger partial charge is 0.247 e. The van der Waals surface area contributed by atoms with Crippen molar-refractivity contribution in [3.63, 3.8) is 0 Å². The summed E-state index contributed by atoms with van der Waals surface area (Å²) >= 11 is 5.87. The zero-order valence-corrected chi connectivity index (χ0v) is 16.4. The Morgan fingerprint density at radius 2 is 1.66 bits per heavy atom. The van der Waals surface area contributed by atoms with E-state index in [4.69, 9.17) is 11.6 Å². The van der Waals surface area contributed by atoms with Gasteiger partial charge in [-0.2, -0.15) is 10.2 Å². The van der Waals surface area contributed by atoms with E-state index in [0.717, 1.165) is 28.2 Å². The van der Waals surface area contributed by atoms with Crippen molar-refractivity contribution in [1.82, 2.24) is 0 Å². The third-order valence-corrected chi connectivity index (χ3v) is 4.78. The average Bonchev–Trinajstić information content (AvgIpc) is 2.77. The molecule has 0 atom stereocenters. The van der Waals surface area contributed by atoms with Gasteiger partial charge in [0.2, 0.25) is 5.91 Å². The Hall–Kier alpha value is -3.44. The van der Waals surface area contributed by atoms with Gasteiger partial charge >= 0.3 is 0 Å². The monoisotopic (exact) mass is 402 g/mol. The van der Waals surface area contributed by atoms with Crippen LogP contribution in [0.2, 0.25) is 5.02 Å². The fraction of sp³-hybridized carbons (Fsp3) is 0.0870. The zero-order chi connectivity index (χ0) is 20.1. The van der Waals surface area contributed by atoms with Crippen molar-refractivity contribution in [3.8, 4) is 0 Å². The molecule has 144 valence electrons. The molecule has 1 aliphatic heterocycles. The number of carbonyl (C=O) groups excluding carboxylic acids is 1. The van der Waals surface area contributed by atoms with Crippen molar-refractivity contribution < 1.29 is 4.79 Å². The maximum Gasteiger partial charge on any atom is 0.247 e. The number of nitrogens with one attached hydrogen (secondary N) is 1. The summed E-state index contributed by atoms with van der Waals surface area (Å²) in [5.41, 5.74) is 7.42. The molecular weight excluding hydrogens is 384 g/mol. The van der Waals surface area contributed by atoms with Gasteiger partial charge in [-0.15, -0.1) is 0 Å². The van der Waals surface area contributed by atoms with E-state index in [2.05, 4.69) is 15.6 Å². The lowest BCUT2D eigenvalue weighted by Crippen LogP contribution is -2.31. The molecule has 0 unspecified atom stereocenters. The van der Waals surface area contributed by atoms with E-state index in [0.29, 0.717) is 17.9 Å². The van der Waals surface area contributed by atoms with E-state index >= 15 is 0 Å². The summed E-state index contributed by atoms with van der Waals surface area (Å²) in [4.78, 5) is 12.4. The first-order chi connectivity index (χ1) is 14.2. The van der Waals surface area contributed by atoms with E-state index in [1.165, 1.54) is 5.01 Å². The van der Waals surface area contributed by atoms with E-state index in [-0.39, 0.29) is 5.91 Å². The maximum absolute atomic E-state index is 12.4. The van der Waals surface area contributed by atoms with Crippen LogP contribution < -0.4 is 10.4 Å². The molecular formula is C23H19ClN4O. The van der Waals surface area contributed by atoms with Gasteiger partial charge in [-0.1, -0.05) is 54.1 Å². The van der Waals surface area contributed by atoms with Gasteiger partial charge in [0.15, 0.2) is 0 Å². The molecule has 0 fully saturated rings. The molecule has 0 saturated heterocycles. The van der Waals surface area contributed by atoms with Crippen LogP contribution in [-0.4, -0.2) is 17.8 Å². The third kappa shape index (κ3) is 4.70. The topological polar surface area (TPSA) is 57.1 Å². The van der Waals surface area contributed by atoms with Crippen LogP contribution in [0.3, 0.4) is 0 Å². The van der Waals surface area contributed by atoms with Gasteiger partial charge in [0.1, 0.15) is 0 Å². The van der Waals surface area contributed by atoms with E-state index in [9.17, 15) is 4.79 Å². The quantitative estimate of drug-likeness (QED) is 0.464. The summed E-state index contributed by atoms with van der Waals surface area (Å²) in [6.07, 6.45) is 2.82. The first kappa shape index (κ1) is 18.9.